The lowest BCUT2D eigenvalue weighted by atomic mass is 10.0. The van der Waals surface area contributed by atoms with Crippen molar-refractivity contribution in [1.82, 2.24) is 9.21 Å². The third-order valence-electron chi connectivity index (χ3n) is 6.65. The van der Waals surface area contributed by atoms with Crippen LogP contribution in [0.4, 0.5) is 0 Å². The number of carbonyl (C=O) groups is 1. The highest BCUT2D eigenvalue weighted by molar-refractivity contribution is 7.89. The van der Waals surface area contributed by atoms with Crippen LogP contribution in [0.3, 0.4) is 0 Å². The molecule has 2 fully saturated rings. The molecule has 0 bridgehead atoms. The zero-order chi connectivity index (χ0) is 24.1. The van der Waals surface area contributed by atoms with Crippen LogP contribution in [0.2, 0.25) is 0 Å². The maximum atomic E-state index is 13.0. The van der Waals surface area contributed by atoms with Gasteiger partial charge in [-0.1, -0.05) is 19.1 Å². The Labute approximate surface area is 202 Å². The molecule has 4 rings (SSSR count). The monoisotopic (exact) mass is 486 g/mol. The molecule has 8 heteroatoms. The molecule has 184 valence electrons. The van der Waals surface area contributed by atoms with Crippen molar-refractivity contribution in [3.63, 3.8) is 0 Å². The molecule has 7 nitrogen and oxygen atoms in total. The van der Waals surface area contributed by atoms with E-state index in [1.165, 1.54) is 0 Å². The number of likely N-dealkylation sites (tertiary alicyclic amines) is 1. The summed E-state index contributed by atoms with van der Waals surface area (Å²) in [4.78, 5) is 15.1. The molecule has 0 aliphatic carbocycles. The zero-order valence-corrected chi connectivity index (χ0v) is 20.8. The molecule has 0 unspecified atom stereocenters. The molecule has 0 N–H and O–H groups in total. The first-order valence-electron chi connectivity index (χ1n) is 12.2. The van der Waals surface area contributed by atoms with Gasteiger partial charge in [-0.3, -0.25) is 4.79 Å². The summed E-state index contributed by atoms with van der Waals surface area (Å²) < 4.78 is 39.2. The van der Waals surface area contributed by atoms with E-state index in [1.807, 2.05) is 36.1 Å². The maximum Gasteiger partial charge on any atom is 0.253 e. The first-order valence-corrected chi connectivity index (χ1v) is 13.6. The molecule has 2 saturated heterocycles. The largest absolute Gasteiger partial charge is 0.490 e. The summed E-state index contributed by atoms with van der Waals surface area (Å²) in [7, 11) is -3.52. The van der Waals surface area contributed by atoms with Gasteiger partial charge in [0.25, 0.3) is 5.91 Å². The molecule has 0 aromatic heterocycles. The number of piperidine rings is 2. The molecule has 2 heterocycles. The lowest BCUT2D eigenvalue weighted by Crippen LogP contribution is -2.41. The zero-order valence-electron chi connectivity index (χ0n) is 20.0. The Morgan fingerprint density at radius 3 is 2.15 bits per heavy atom. The van der Waals surface area contributed by atoms with Gasteiger partial charge in [0.15, 0.2) is 11.5 Å². The molecule has 0 atom stereocenters. The van der Waals surface area contributed by atoms with E-state index in [0.717, 1.165) is 37.2 Å². The molecule has 0 radical (unpaired) electrons. The molecular weight excluding hydrogens is 452 g/mol. The maximum absolute atomic E-state index is 13.0. The second-order valence-electron chi connectivity index (χ2n) is 9.10. The van der Waals surface area contributed by atoms with Gasteiger partial charge < -0.3 is 14.4 Å². The van der Waals surface area contributed by atoms with Gasteiger partial charge in [-0.25, -0.2) is 8.42 Å². The molecule has 0 saturated carbocycles. The summed E-state index contributed by atoms with van der Waals surface area (Å²) in [6, 6.07) is 14.0. The summed E-state index contributed by atoms with van der Waals surface area (Å²) in [5.41, 5.74) is 0.507. The predicted octanol–water partition coefficient (Wildman–Crippen LogP) is 4.19. The highest BCUT2D eigenvalue weighted by Gasteiger charge is 2.29. The van der Waals surface area contributed by atoms with Gasteiger partial charge in [0, 0.05) is 44.6 Å². The van der Waals surface area contributed by atoms with Crippen molar-refractivity contribution in [3.8, 4) is 11.5 Å². The van der Waals surface area contributed by atoms with Crippen LogP contribution in [0.5, 0.6) is 11.5 Å². The van der Waals surface area contributed by atoms with Crippen LogP contribution < -0.4 is 9.47 Å². The van der Waals surface area contributed by atoms with Gasteiger partial charge in [0.2, 0.25) is 10.0 Å². The number of hydrogen-bond donors (Lipinski definition) is 0. The number of amides is 1. The molecule has 1 amide bonds. The number of sulfonamides is 1. The Hall–Kier alpha value is -2.58. The van der Waals surface area contributed by atoms with Crippen LogP contribution in [0.25, 0.3) is 0 Å². The fourth-order valence-electron chi connectivity index (χ4n) is 4.50. The van der Waals surface area contributed by atoms with Gasteiger partial charge in [-0.15, -0.1) is 0 Å². The minimum Gasteiger partial charge on any atom is -0.490 e. The molecule has 2 aromatic rings. The minimum absolute atomic E-state index is 0.0189. The fraction of sp³-hybridized carbons (Fsp3) is 0.500. The Bertz CT molecular complexity index is 1070. The van der Waals surface area contributed by atoms with E-state index in [4.69, 9.17) is 9.47 Å². The average Bonchev–Trinajstić information content (AvgIpc) is 2.86. The predicted molar refractivity (Wildman–Crippen MR) is 131 cm³/mol. The normalized spacial score (nSPS) is 18.6. The Balaban J connectivity index is 1.34. The lowest BCUT2D eigenvalue weighted by molar-refractivity contribution is 0.0589. The number of nitrogens with zero attached hydrogens (tertiary/aromatic N) is 2. The topological polar surface area (TPSA) is 76.1 Å². The van der Waals surface area contributed by atoms with Crippen LogP contribution in [0.15, 0.2) is 53.4 Å². The van der Waals surface area contributed by atoms with E-state index < -0.39 is 10.0 Å². The standard InChI is InChI=1S/C26H34N2O5S/c1-3-32-24-6-4-5-7-25(24)33-22-14-16-27(17-15-22)26(29)21-8-10-23(11-9-21)34(30,31)28-18-12-20(2)13-19-28/h4-11,20,22H,3,12-19H2,1-2H3. The van der Waals surface area contributed by atoms with Crippen LogP contribution in [0, 0.1) is 5.92 Å². The van der Waals surface area contributed by atoms with Crippen molar-refractivity contribution >= 4 is 15.9 Å². The Morgan fingerprint density at radius 2 is 1.53 bits per heavy atom. The van der Waals surface area contributed by atoms with Gasteiger partial charge in [-0.05, 0) is 62.1 Å². The van der Waals surface area contributed by atoms with Gasteiger partial charge in [-0.2, -0.15) is 4.31 Å². The van der Waals surface area contributed by atoms with Crippen molar-refractivity contribution < 1.29 is 22.7 Å². The molecule has 2 aliphatic heterocycles. The highest BCUT2D eigenvalue weighted by atomic mass is 32.2. The minimum atomic E-state index is -3.52. The number of para-hydroxylation sites is 2. The molecule has 34 heavy (non-hydrogen) atoms. The second kappa shape index (κ2) is 10.8. The fourth-order valence-corrected chi connectivity index (χ4v) is 5.97. The first kappa shape index (κ1) is 24.5. The molecular formula is C26H34N2O5S. The van der Waals surface area contributed by atoms with Crippen molar-refractivity contribution in [2.75, 3.05) is 32.8 Å². The third kappa shape index (κ3) is 5.55. The van der Waals surface area contributed by atoms with Crippen LogP contribution in [0.1, 0.15) is 49.9 Å². The van der Waals surface area contributed by atoms with Crippen LogP contribution >= 0.6 is 0 Å². The van der Waals surface area contributed by atoms with E-state index in [0.29, 0.717) is 44.3 Å². The van der Waals surface area contributed by atoms with Gasteiger partial charge in [0.1, 0.15) is 6.10 Å². The van der Waals surface area contributed by atoms with Crippen LogP contribution in [-0.2, 0) is 10.0 Å². The smallest absolute Gasteiger partial charge is 0.253 e. The SMILES string of the molecule is CCOc1ccccc1OC1CCN(C(=O)c2ccc(S(=O)(=O)N3CCC(C)CC3)cc2)CC1. The molecule has 0 spiro atoms. The van der Waals surface area contributed by atoms with Crippen molar-refractivity contribution in [3.05, 3.63) is 54.1 Å². The van der Waals surface area contributed by atoms with E-state index in [2.05, 4.69) is 6.92 Å². The van der Waals surface area contributed by atoms with E-state index >= 15 is 0 Å². The van der Waals surface area contributed by atoms with E-state index in [1.54, 1.807) is 28.6 Å². The first-order chi connectivity index (χ1) is 16.4. The number of hydrogen-bond acceptors (Lipinski definition) is 5. The average molecular weight is 487 g/mol. The number of benzene rings is 2. The summed E-state index contributed by atoms with van der Waals surface area (Å²) in [5.74, 6) is 1.94. The lowest BCUT2D eigenvalue weighted by Gasteiger charge is -2.32. The summed E-state index contributed by atoms with van der Waals surface area (Å²) in [5, 5.41) is 0. The number of carbonyl (C=O) groups excluding carboxylic acids is 1. The van der Waals surface area contributed by atoms with Gasteiger partial charge >= 0.3 is 0 Å². The second-order valence-corrected chi connectivity index (χ2v) is 11.0. The molecule has 2 aromatic carbocycles. The van der Waals surface area contributed by atoms with E-state index in [9.17, 15) is 13.2 Å². The van der Waals surface area contributed by atoms with Crippen molar-refractivity contribution in [2.24, 2.45) is 5.92 Å². The van der Waals surface area contributed by atoms with Crippen molar-refractivity contribution in [1.29, 1.82) is 0 Å². The van der Waals surface area contributed by atoms with Crippen molar-refractivity contribution in [2.45, 2.75) is 50.5 Å². The summed E-state index contributed by atoms with van der Waals surface area (Å²) >= 11 is 0. The Morgan fingerprint density at radius 1 is 0.912 bits per heavy atom. The quantitative estimate of drug-likeness (QED) is 0.587. The molecule has 2 aliphatic rings. The van der Waals surface area contributed by atoms with Crippen LogP contribution in [-0.4, -0.2) is 62.4 Å². The summed E-state index contributed by atoms with van der Waals surface area (Å²) in [6.07, 6.45) is 3.24. The third-order valence-corrected chi connectivity index (χ3v) is 8.57. The number of rotatable bonds is 7. The van der Waals surface area contributed by atoms with E-state index in [-0.39, 0.29) is 16.9 Å². The highest BCUT2D eigenvalue weighted by Crippen LogP contribution is 2.30. The Kier molecular flexibility index (Phi) is 7.78. The number of ether oxygens (including phenoxy) is 2. The summed E-state index contributed by atoms with van der Waals surface area (Å²) in [6.45, 7) is 6.95. The van der Waals surface area contributed by atoms with Gasteiger partial charge in [0.05, 0.1) is 11.5 Å².